The summed E-state index contributed by atoms with van der Waals surface area (Å²) in [6.45, 7) is 4.85. The average molecular weight is 464 g/mol. The number of rotatable bonds is 5. The first kappa shape index (κ1) is 22.6. The molecule has 0 saturated carbocycles. The molecule has 0 aromatic heterocycles. The number of amides is 3. The number of fused-ring (bicyclic) bond motifs is 1. The van der Waals surface area contributed by atoms with Gasteiger partial charge in [-0.3, -0.25) is 9.59 Å². The molecule has 0 N–H and O–H groups in total. The summed E-state index contributed by atoms with van der Waals surface area (Å²) >= 11 is 0. The van der Waals surface area contributed by atoms with Crippen LogP contribution in [0.2, 0.25) is 0 Å². The van der Waals surface area contributed by atoms with E-state index in [1.807, 2.05) is 44.2 Å². The molecular weight excluding hydrogens is 434 g/mol. The Hall–Kier alpha value is -2.62. The molecule has 3 heterocycles. The molecule has 0 spiro atoms. The molecule has 3 aliphatic rings. The van der Waals surface area contributed by atoms with Gasteiger partial charge in [-0.1, -0.05) is 44.2 Å². The molecule has 4 rings (SSSR count). The first-order valence-electron chi connectivity index (χ1n) is 10.9. The summed E-state index contributed by atoms with van der Waals surface area (Å²) in [5.74, 6) is -1.56. The van der Waals surface area contributed by atoms with Crippen LogP contribution in [0.4, 0.5) is 4.79 Å². The molecule has 3 aliphatic heterocycles. The maximum absolute atomic E-state index is 13.2. The van der Waals surface area contributed by atoms with Crippen molar-refractivity contribution in [2.45, 2.75) is 39.0 Å². The second kappa shape index (κ2) is 8.38. The van der Waals surface area contributed by atoms with Crippen LogP contribution in [-0.4, -0.2) is 78.4 Å². The van der Waals surface area contributed by atoms with Crippen molar-refractivity contribution in [3.05, 3.63) is 35.9 Å². The molecule has 32 heavy (non-hydrogen) atoms. The Balaban J connectivity index is 1.38. The van der Waals surface area contributed by atoms with Gasteiger partial charge in [0.1, 0.15) is 6.61 Å². The summed E-state index contributed by atoms with van der Waals surface area (Å²) < 4.78 is 30.8. The number of benzene rings is 1. The molecule has 3 fully saturated rings. The lowest BCUT2D eigenvalue weighted by molar-refractivity contribution is -0.142. The first-order chi connectivity index (χ1) is 15.1. The number of nitrogens with zero attached hydrogens (tertiary/aromatic N) is 3. The van der Waals surface area contributed by atoms with Gasteiger partial charge < -0.3 is 14.5 Å². The zero-order chi connectivity index (χ0) is 23.2. The van der Waals surface area contributed by atoms with E-state index in [4.69, 9.17) is 4.74 Å². The van der Waals surface area contributed by atoms with Crippen molar-refractivity contribution in [1.82, 2.24) is 14.1 Å². The van der Waals surface area contributed by atoms with Crippen LogP contribution in [0.1, 0.15) is 25.8 Å². The third kappa shape index (κ3) is 3.96. The third-order valence-electron chi connectivity index (χ3n) is 6.64. The van der Waals surface area contributed by atoms with Crippen molar-refractivity contribution in [1.29, 1.82) is 0 Å². The lowest BCUT2D eigenvalue weighted by Crippen LogP contribution is -2.58. The number of carbonyl (C=O) groups is 3. The summed E-state index contributed by atoms with van der Waals surface area (Å²) in [5.41, 5.74) is 0.887. The fraction of sp³-hybridized carbons (Fsp3) is 0.591. The zero-order valence-electron chi connectivity index (χ0n) is 18.5. The lowest BCUT2D eigenvalue weighted by atomic mass is 9.87. The second-order valence-electron chi connectivity index (χ2n) is 9.19. The van der Waals surface area contributed by atoms with Crippen molar-refractivity contribution < 1.29 is 27.5 Å². The predicted octanol–water partition coefficient (Wildman–Crippen LogP) is 1.30. The maximum atomic E-state index is 13.2. The highest BCUT2D eigenvalue weighted by Gasteiger charge is 2.59. The van der Waals surface area contributed by atoms with Crippen molar-refractivity contribution in [3.63, 3.8) is 0 Å². The molecule has 1 unspecified atom stereocenters. The minimum absolute atomic E-state index is 0.0963. The Morgan fingerprint density at radius 1 is 1.16 bits per heavy atom. The van der Waals surface area contributed by atoms with Gasteiger partial charge >= 0.3 is 6.09 Å². The van der Waals surface area contributed by atoms with Crippen LogP contribution in [0.25, 0.3) is 0 Å². The smallest absolute Gasteiger partial charge is 0.410 e. The van der Waals surface area contributed by atoms with Crippen LogP contribution in [0.15, 0.2) is 30.3 Å². The molecule has 0 aliphatic carbocycles. The van der Waals surface area contributed by atoms with E-state index in [2.05, 4.69) is 0 Å². The molecule has 10 heteroatoms. The summed E-state index contributed by atoms with van der Waals surface area (Å²) in [5, 5.41) is 0. The van der Waals surface area contributed by atoms with E-state index >= 15 is 0 Å². The monoisotopic (exact) mass is 463 g/mol. The van der Waals surface area contributed by atoms with Crippen molar-refractivity contribution in [3.8, 4) is 0 Å². The molecule has 0 radical (unpaired) electrons. The number of sulfonamides is 1. The van der Waals surface area contributed by atoms with E-state index < -0.39 is 40.0 Å². The van der Waals surface area contributed by atoms with Gasteiger partial charge in [0.2, 0.25) is 21.8 Å². The van der Waals surface area contributed by atoms with Gasteiger partial charge in [0.15, 0.2) is 0 Å². The summed E-state index contributed by atoms with van der Waals surface area (Å²) in [6.07, 6.45) is 1.02. The Bertz CT molecular complexity index is 1010. The predicted molar refractivity (Wildman–Crippen MR) is 116 cm³/mol. The molecule has 174 valence electrons. The number of hydrogen-bond acceptors (Lipinski definition) is 6. The highest BCUT2D eigenvalue weighted by molar-refractivity contribution is 7.88. The SMILES string of the molecule is CC(C)C1C(=O)N(S(C)(=O)=O)[C@@H]2CCN(C(=O)C3CN(C(=O)OCc4ccccc4)C3)[C@@H]12. The minimum atomic E-state index is -3.71. The van der Waals surface area contributed by atoms with Gasteiger partial charge in [-0.2, -0.15) is 0 Å². The van der Waals surface area contributed by atoms with E-state index in [-0.39, 0.29) is 37.4 Å². The van der Waals surface area contributed by atoms with Crippen molar-refractivity contribution in [2.75, 3.05) is 25.9 Å². The van der Waals surface area contributed by atoms with Crippen LogP contribution in [-0.2, 0) is 31.0 Å². The quantitative estimate of drug-likeness (QED) is 0.652. The van der Waals surface area contributed by atoms with Gasteiger partial charge in [-0.15, -0.1) is 0 Å². The number of ether oxygens (including phenoxy) is 1. The average Bonchev–Trinajstić information content (AvgIpc) is 3.21. The van der Waals surface area contributed by atoms with E-state index in [9.17, 15) is 22.8 Å². The molecule has 0 bridgehead atoms. The van der Waals surface area contributed by atoms with Gasteiger partial charge in [-0.25, -0.2) is 17.5 Å². The maximum Gasteiger partial charge on any atom is 0.410 e. The topological polar surface area (TPSA) is 104 Å². The minimum Gasteiger partial charge on any atom is -0.445 e. The number of hydrogen-bond donors (Lipinski definition) is 0. The van der Waals surface area contributed by atoms with E-state index in [0.29, 0.717) is 13.0 Å². The highest BCUT2D eigenvalue weighted by atomic mass is 32.2. The van der Waals surface area contributed by atoms with Crippen molar-refractivity contribution in [2.24, 2.45) is 17.8 Å². The molecule has 1 aromatic carbocycles. The standard InChI is InChI=1S/C22H29N3O6S/c1-14(2)18-19-17(25(21(18)27)32(3,29)30)9-10-24(19)20(26)16-11-23(12-16)22(28)31-13-15-7-5-4-6-8-15/h4-8,14,16-19H,9-13H2,1-3H3/t17-,18?,19-/m1/s1. The van der Waals surface area contributed by atoms with Gasteiger partial charge in [-0.05, 0) is 17.9 Å². The Morgan fingerprint density at radius 3 is 2.41 bits per heavy atom. The Kier molecular flexibility index (Phi) is 5.91. The van der Waals surface area contributed by atoms with Crippen LogP contribution in [0.3, 0.4) is 0 Å². The molecule has 3 atom stereocenters. The molecule has 1 aromatic rings. The zero-order valence-corrected chi connectivity index (χ0v) is 19.3. The normalized spacial score (nSPS) is 25.8. The fourth-order valence-corrected chi connectivity index (χ4v) is 6.29. The molecular formula is C22H29N3O6S. The summed E-state index contributed by atoms with van der Waals surface area (Å²) in [7, 11) is -3.71. The lowest BCUT2D eigenvalue weighted by Gasteiger charge is -2.40. The van der Waals surface area contributed by atoms with Gasteiger partial charge in [0.25, 0.3) is 0 Å². The second-order valence-corrected chi connectivity index (χ2v) is 11.0. The summed E-state index contributed by atoms with van der Waals surface area (Å²) in [4.78, 5) is 41.5. The van der Waals surface area contributed by atoms with Crippen LogP contribution in [0.5, 0.6) is 0 Å². The van der Waals surface area contributed by atoms with E-state index in [1.165, 1.54) is 4.90 Å². The third-order valence-corrected chi connectivity index (χ3v) is 7.81. The van der Waals surface area contributed by atoms with Crippen LogP contribution >= 0.6 is 0 Å². The number of likely N-dealkylation sites (tertiary alicyclic amines) is 2. The molecule has 3 amide bonds. The van der Waals surface area contributed by atoms with E-state index in [0.717, 1.165) is 16.1 Å². The fourth-order valence-electron chi connectivity index (χ4n) is 5.12. The molecule has 3 saturated heterocycles. The largest absolute Gasteiger partial charge is 0.445 e. The van der Waals surface area contributed by atoms with Crippen LogP contribution < -0.4 is 0 Å². The summed E-state index contributed by atoms with van der Waals surface area (Å²) in [6, 6.07) is 8.39. The Morgan fingerprint density at radius 2 is 1.81 bits per heavy atom. The highest BCUT2D eigenvalue weighted by Crippen LogP contribution is 2.42. The van der Waals surface area contributed by atoms with Gasteiger partial charge in [0, 0.05) is 19.6 Å². The molecule has 9 nitrogen and oxygen atoms in total. The van der Waals surface area contributed by atoms with Crippen molar-refractivity contribution >= 4 is 27.9 Å². The van der Waals surface area contributed by atoms with E-state index in [1.54, 1.807) is 4.90 Å². The number of carbonyl (C=O) groups excluding carboxylic acids is 3. The Labute approximate surface area is 188 Å². The van der Waals surface area contributed by atoms with Gasteiger partial charge in [0.05, 0.1) is 30.2 Å². The first-order valence-corrected chi connectivity index (χ1v) is 12.7. The van der Waals surface area contributed by atoms with Crippen LogP contribution in [0, 0.1) is 17.8 Å².